The van der Waals surface area contributed by atoms with Crippen molar-refractivity contribution in [2.75, 3.05) is 26.9 Å². The number of nitrogens with zero attached hydrogens (tertiary/aromatic N) is 2. The van der Waals surface area contributed by atoms with Crippen molar-refractivity contribution in [2.45, 2.75) is 140 Å². The summed E-state index contributed by atoms with van der Waals surface area (Å²) < 4.78 is 28.4. The lowest BCUT2D eigenvalue weighted by Gasteiger charge is -2.60. The van der Waals surface area contributed by atoms with E-state index in [1.165, 1.54) is 51.3 Å². The SMILES string of the molecule is C=CCO[C@@]12Oc3ccc(O)cc3[C@H]3[C@H](CCCCO)[C@@H](CCCCO)C=C(C(=NOC)C[C@@H]1N(Cc1ccc(F)cc1)C(=O)CCCCCCCCCCC)[C@H]32. The lowest BCUT2D eigenvalue weighted by atomic mass is 9.55. The number of aliphatic hydroxyl groups is 2. The number of amides is 1. The average Bonchev–Trinajstić information content (AvgIpc) is 3.21. The van der Waals surface area contributed by atoms with Gasteiger partial charge in [0.05, 0.1) is 18.2 Å². The molecule has 0 aromatic heterocycles. The normalized spacial score (nSPS) is 24.3. The van der Waals surface area contributed by atoms with E-state index in [1.54, 1.807) is 36.4 Å². The van der Waals surface area contributed by atoms with E-state index in [9.17, 15) is 24.5 Å². The van der Waals surface area contributed by atoms with Gasteiger partial charge in [0.2, 0.25) is 11.7 Å². The number of phenolic OH excluding ortho intramolecular Hbond substituents is 1. The summed E-state index contributed by atoms with van der Waals surface area (Å²) in [5.41, 5.74) is 3.31. The third-order valence-electron chi connectivity index (χ3n) is 12.3. The topological polar surface area (TPSA) is 121 Å². The van der Waals surface area contributed by atoms with Crippen LogP contribution in [0.2, 0.25) is 0 Å². The van der Waals surface area contributed by atoms with Crippen LogP contribution in [0.5, 0.6) is 11.5 Å². The molecule has 1 amide bonds. The summed E-state index contributed by atoms with van der Waals surface area (Å²) in [7, 11) is 1.53. The Bertz CT molecular complexity index is 1630. The Hall–Kier alpha value is -3.73. The van der Waals surface area contributed by atoms with Crippen molar-refractivity contribution in [1.29, 1.82) is 0 Å². The zero-order valence-electron chi connectivity index (χ0n) is 34.4. The predicted molar refractivity (Wildman–Crippen MR) is 222 cm³/mol. The van der Waals surface area contributed by atoms with Crippen LogP contribution in [0.15, 0.2) is 71.9 Å². The fraction of sp³-hybridized carbons (Fsp3) is 0.617. The minimum absolute atomic E-state index is 0.0353. The van der Waals surface area contributed by atoms with Gasteiger partial charge in [-0.2, -0.15) is 0 Å². The Labute approximate surface area is 340 Å². The fourth-order valence-electron chi connectivity index (χ4n) is 9.66. The van der Waals surface area contributed by atoms with Gasteiger partial charge in [-0.15, -0.1) is 6.58 Å². The molecule has 9 nitrogen and oxygen atoms in total. The number of rotatable bonds is 25. The number of allylic oxidation sites excluding steroid dienone is 1. The molecule has 57 heavy (non-hydrogen) atoms. The lowest BCUT2D eigenvalue weighted by Crippen LogP contribution is -2.70. The second-order valence-corrected chi connectivity index (χ2v) is 16.2. The lowest BCUT2D eigenvalue weighted by molar-refractivity contribution is -0.258. The summed E-state index contributed by atoms with van der Waals surface area (Å²) in [4.78, 5) is 22.2. The Kier molecular flexibility index (Phi) is 17.5. The van der Waals surface area contributed by atoms with Gasteiger partial charge in [0.15, 0.2) is 0 Å². The standard InChI is InChI=1S/C47H67FN2O7/c1-4-6-7-8-9-10-11-12-13-20-44(54)50(33-34-21-23-36(48)24-22-34)43-32-41(49-55-3)39-30-35(18-14-16-27-51)38(19-15-17-28-52)45-40-31-37(53)25-26-42(40)57-47(43,46(39)45)56-29-5-2/h5,21-26,30-31,35,38,43,45-46,51-53H,2,4,6-20,27-29,32-33H2,1,3H3/t35-,38+,43-,45+,46+,47+/m0/s1. The Morgan fingerprint density at radius 1 is 0.965 bits per heavy atom. The molecule has 6 atom stereocenters. The van der Waals surface area contributed by atoms with E-state index < -0.39 is 17.7 Å². The number of oxime groups is 1. The van der Waals surface area contributed by atoms with E-state index in [2.05, 4.69) is 24.7 Å². The molecule has 314 valence electrons. The van der Waals surface area contributed by atoms with E-state index >= 15 is 0 Å². The number of benzene rings is 2. The van der Waals surface area contributed by atoms with E-state index in [0.29, 0.717) is 30.7 Å². The monoisotopic (exact) mass is 790 g/mol. The van der Waals surface area contributed by atoms with Gasteiger partial charge in [-0.1, -0.05) is 101 Å². The molecule has 3 aliphatic rings. The minimum atomic E-state index is -1.39. The van der Waals surface area contributed by atoms with Crippen LogP contribution in [0.1, 0.15) is 133 Å². The van der Waals surface area contributed by atoms with Crippen LogP contribution in [0, 0.1) is 23.6 Å². The molecular formula is C47H67FN2O7. The van der Waals surface area contributed by atoms with Gasteiger partial charge in [0, 0.05) is 44.1 Å². The molecule has 1 fully saturated rings. The molecule has 2 aromatic carbocycles. The number of aliphatic hydroxyl groups excluding tert-OH is 2. The highest BCUT2D eigenvalue weighted by Crippen LogP contribution is 2.62. The molecule has 1 heterocycles. The third-order valence-corrected chi connectivity index (χ3v) is 12.3. The van der Waals surface area contributed by atoms with E-state index in [1.807, 2.05) is 4.90 Å². The smallest absolute Gasteiger partial charge is 0.239 e. The molecule has 0 radical (unpaired) electrons. The zero-order valence-corrected chi connectivity index (χ0v) is 34.4. The maximum Gasteiger partial charge on any atom is 0.239 e. The van der Waals surface area contributed by atoms with Crippen molar-refractivity contribution < 1.29 is 38.8 Å². The van der Waals surface area contributed by atoms with Crippen molar-refractivity contribution in [3.8, 4) is 11.5 Å². The molecule has 3 N–H and O–H groups in total. The molecule has 10 heteroatoms. The third kappa shape index (κ3) is 11.1. The summed E-state index contributed by atoms with van der Waals surface area (Å²) in [5.74, 6) is -1.56. The fourth-order valence-corrected chi connectivity index (χ4v) is 9.66. The van der Waals surface area contributed by atoms with Gasteiger partial charge in [0.25, 0.3) is 0 Å². The summed E-state index contributed by atoms with van der Waals surface area (Å²) in [6.07, 6.45) is 19.5. The first-order valence-corrected chi connectivity index (χ1v) is 21.7. The quantitative estimate of drug-likeness (QED) is 0.0521. The van der Waals surface area contributed by atoms with Gasteiger partial charge in [-0.05, 0) is 85.4 Å². The number of fused-ring (bicyclic) bond motifs is 2. The molecule has 0 spiro atoms. The van der Waals surface area contributed by atoms with Crippen molar-refractivity contribution in [3.05, 3.63) is 83.7 Å². The van der Waals surface area contributed by atoms with Gasteiger partial charge < -0.3 is 34.5 Å². The summed E-state index contributed by atoms with van der Waals surface area (Å²) in [6.45, 7) is 6.81. The number of hydrogen-bond acceptors (Lipinski definition) is 8. The van der Waals surface area contributed by atoms with Gasteiger partial charge >= 0.3 is 0 Å². The van der Waals surface area contributed by atoms with Crippen molar-refractivity contribution in [3.63, 3.8) is 0 Å². The molecule has 0 bridgehead atoms. The average molecular weight is 791 g/mol. The van der Waals surface area contributed by atoms with Crippen LogP contribution in [-0.4, -0.2) is 70.6 Å². The van der Waals surface area contributed by atoms with Crippen LogP contribution in [0.25, 0.3) is 0 Å². The van der Waals surface area contributed by atoms with Crippen LogP contribution >= 0.6 is 0 Å². The molecule has 1 aliphatic heterocycles. The number of carbonyl (C=O) groups is 1. The Morgan fingerprint density at radius 2 is 1.65 bits per heavy atom. The zero-order chi connectivity index (χ0) is 40.6. The van der Waals surface area contributed by atoms with E-state index in [0.717, 1.165) is 68.1 Å². The molecule has 2 aliphatic carbocycles. The first-order valence-electron chi connectivity index (χ1n) is 21.7. The Morgan fingerprint density at radius 3 is 2.32 bits per heavy atom. The number of carbonyl (C=O) groups excluding carboxylic acids is 1. The first kappa shape index (κ1) is 44.4. The number of halogens is 1. The first-order chi connectivity index (χ1) is 27.8. The van der Waals surface area contributed by atoms with Gasteiger partial charge in [-0.3, -0.25) is 4.79 Å². The molecule has 0 unspecified atom stereocenters. The van der Waals surface area contributed by atoms with Crippen LogP contribution in [0.4, 0.5) is 4.39 Å². The number of ether oxygens (including phenoxy) is 2. The van der Waals surface area contributed by atoms with Gasteiger partial charge in [-0.25, -0.2) is 4.39 Å². The molecule has 2 aromatic rings. The van der Waals surface area contributed by atoms with Crippen LogP contribution < -0.4 is 4.74 Å². The second-order valence-electron chi connectivity index (χ2n) is 16.2. The highest BCUT2D eigenvalue weighted by molar-refractivity contribution is 6.03. The summed E-state index contributed by atoms with van der Waals surface area (Å²) in [6, 6.07) is 10.8. The highest BCUT2D eigenvalue weighted by atomic mass is 19.1. The van der Waals surface area contributed by atoms with E-state index in [-0.39, 0.29) is 68.0 Å². The number of hydrogen-bond donors (Lipinski definition) is 3. The molecule has 0 saturated heterocycles. The van der Waals surface area contributed by atoms with Crippen LogP contribution in [-0.2, 0) is 20.9 Å². The van der Waals surface area contributed by atoms with Crippen molar-refractivity contribution in [2.24, 2.45) is 22.9 Å². The maximum atomic E-state index is 14.8. The molecular weight excluding hydrogens is 724 g/mol. The number of unbranched alkanes of at least 4 members (excludes halogenated alkanes) is 10. The largest absolute Gasteiger partial charge is 0.508 e. The minimum Gasteiger partial charge on any atom is -0.508 e. The van der Waals surface area contributed by atoms with Crippen molar-refractivity contribution >= 4 is 11.6 Å². The summed E-state index contributed by atoms with van der Waals surface area (Å²) in [5, 5.41) is 35.2. The number of aromatic hydroxyl groups is 1. The second kappa shape index (κ2) is 22.4. The van der Waals surface area contributed by atoms with Crippen molar-refractivity contribution in [1.82, 2.24) is 4.90 Å². The highest BCUT2D eigenvalue weighted by Gasteiger charge is 2.65. The predicted octanol–water partition coefficient (Wildman–Crippen LogP) is 9.74. The maximum absolute atomic E-state index is 14.8. The van der Waals surface area contributed by atoms with Crippen LogP contribution in [0.3, 0.4) is 0 Å². The Balaban J connectivity index is 1.61. The number of phenols is 1. The molecule has 1 saturated carbocycles. The van der Waals surface area contributed by atoms with Gasteiger partial charge in [0.1, 0.15) is 30.5 Å². The summed E-state index contributed by atoms with van der Waals surface area (Å²) >= 11 is 0. The molecule has 5 rings (SSSR count). The van der Waals surface area contributed by atoms with E-state index in [4.69, 9.17) is 14.3 Å².